The fourth-order valence-corrected chi connectivity index (χ4v) is 3.20. The second-order valence-corrected chi connectivity index (χ2v) is 6.27. The molecule has 0 unspecified atom stereocenters. The second kappa shape index (κ2) is 8.11. The third-order valence-corrected chi connectivity index (χ3v) is 4.32. The largest absolute Gasteiger partial charge is 0.377 e. The highest BCUT2D eigenvalue weighted by molar-refractivity contribution is 5.55. The van der Waals surface area contributed by atoms with Gasteiger partial charge >= 0.3 is 0 Å². The van der Waals surface area contributed by atoms with E-state index in [4.69, 9.17) is 4.74 Å². The van der Waals surface area contributed by atoms with E-state index in [1.807, 2.05) is 13.0 Å². The second-order valence-electron chi connectivity index (χ2n) is 6.27. The standard InChI is InChI=1S/C19H26N4O/c1-15-12-18(22-19(21-15)14-24-2)20-13-16-8-4-5-9-17(16)23-10-6-3-7-11-23/h4-5,8-9,12H,3,6-7,10-11,13-14H2,1-2H3,(H,20,21,22). The van der Waals surface area contributed by atoms with Crippen LogP contribution in [0, 0.1) is 6.92 Å². The first kappa shape index (κ1) is 16.7. The van der Waals surface area contributed by atoms with E-state index < -0.39 is 0 Å². The molecule has 1 aliphatic rings. The van der Waals surface area contributed by atoms with E-state index in [-0.39, 0.29) is 0 Å². The average molecular weight is 326 g/mol. The molecular formula is C19H26N4O. The Balaban J connectivity index is 1.73. The Kier molecular flexibility index (Phi) is 5.64. The number of benzene rings is 1. The van der Waals surface area contributed by atoms with Crippen LogP contribution in [0.5, 0.6) is 0 Å². The maximum atomic E-state index is 5.14. The van der Waals surface area contributed by atoms with Gasteiger partial charge in [-0.25, -0.2) is 9.97 Å². The number of nitrogens with zero attached hydrogens (tertiary/aromatic N) is 3. The third kappa shape index (κ3) is 4.23. The molecular weight excluding hydrogens is 300 g/mol. The number of nitrogens with one attached hydrogen (secondary N) is 1. The Morgan fingerprint density at radius 3 is 2.71 bits per heavy atom. The third-order valence-electron chi connectivity index (χ3n) is 4.32. The van der Waals surface area contributed by atoms with E-state index in [9.17, 15) is 0 Å². The van der Waals surface area contributed by atoms with Crippen LogP contribution in [0.4, 0.5) is 11.5 Å². The van der Waals surface area contributed by atoms with Gasteiger partial charge in [0.1, 0.15) is 12.4 Å². The topological polar surface area (TPSA) is 50.3 Å². The van der Waals surface area contributed by atoms with Crippen molar-refractivity contribution in [2.24, 2.45) is 0 Å². The van der Waals surface area contributed by atoms with Crippen LogP contribution in [0.2, 0.25) is 0 Å². The first-order chi connectivity index (χ1) is 11.8. The van der Waals surface area contributed by atoms with Gasteiger partial charge in [-0.2, -0.15) is 0 Å². The Morgan fingerprint density at radius 1 is 1.12 bits per heavy atom. The Labute approximate surface area is 144 Å². The number of para-hydroxylation sites is 1. The first-order valence-corrected chi connectivity index (χ1v) is 8.66. The van der Waals surface area contributed by atoms with E-state index in [0.29, 0.717) is 12.4 Å². The van der Waals surface area contributed by atoms with Gasteiger partial charge in [-0.1, -0.05) is 18.2 Å². The molecule has 128 valence electrons. The lowest BCUT2D eigenvalue weighted by molar-refractivity contribution is 0.177. The molecule has 2 heterocycles. The summed E-state index contributed by atoms with van der Waals surface area (Å²) in [5, 5.41) is 3.45. The summed E-state index contributed by atoms with van der Waals surface area (Å²) in [5.74, 6) is 1.56. The van der Waals surface area contributed by atoms with E-state index in [2.05, 4.69) is 44.5 Å². The monoisotopic (exact) mass is 326 g/mol. The molecule has 0 aliphatic carbocycles. The predicted molar refractivity (Wildman–Crippen MR) is 97.3 cm³/mol. The molecule has 0 atom stereocenters. The van der Waals surface area contributed by atoms with Gasteiger partial charge in [0.25, 0.3) is 0 Å². The zero-order chi connectivity index (χ0) is 16.8. The maximum Gasteiger partial charge on any atom is 0.156 e. The minimum absolute atomic E-state index is 0.431. The van der Waals surface area contributed by atoms with Gasteiger partial charge in [0.2, 0.25) is 0 Å². The van der Waals surface area contributed by atoms with Crippen molar-refractivity contribution in [3.05, 3.63) is 47.4 Å². The molecule has 1 fully saturated rings. The molecule has 5 heteroatoms. The number of aromatic nitrogens is 2. The molecule has 0 bridgehead atoms. The summed E-state index contributed by atoms with van der Waals surface area (Å²) in [4.78, 5) is 11.4. The van der Waals surface area contributed by atoms with Crippen molar-refractivity contribution >= 4 is 11.5 Å². The molecule has 0 saturated carbocycles. The molecule has 1 N–H and O–H groups in total. The highest BCUT2D eigenvalue weighted by Gasteiger charge is 2.14. The summed E-state index contributed by atoms with van der Waals surface area (Å²) in [6.07, 6.45) is 3.92. The van der Waals surface area contributed by atoms with Crippen LogP contribution in [-0.2, 0) is 17.9 Å². The highest BCUT2D eigenvalue weighted by atomic mass is 16.5. The SMILES string of the molecule is COCc1nc(C)cc(NCc2ccccc2N2CCCCC2)n1. The van der Waals surface area contributed by atoms with Gasteiger partial charge in [0, 0.05) is 44.2 Å². The number of hydrogen-bond donors (Lipinski definition) is 1. The van der Waals surface area contributed by atoms with Crippen molar-refractivity contribution in [2.75, 3.05) is 30.4 Å². The molecule has 1 aliphatic heterocycles. The molecule has 5 nitrogen and oxygen atoms in total. The van der Waals surface area contributed by atoms with Crippen LogP contribution in [-0.4, -0.2) is 30.2 Å². The van der Waals surface area contributed by atoms with E-state index in [0.717, 1.165) is 31.1 Å². The predicted octanol–water partition coefficient (Wildman–Crippen LogP) is 3.53. The highest BCUT2D eigenvalue weighted by Crippen LogP contribution is 2.24. The number of rotatable bonds is 6. The maximum absolute atomic E-state index is 5.14. The number of ether oxygens (including phenoxy) is 1. The summed E-state index contributed by atoms with van der Waals surface area (Å²) in [6, 6.07) is 10.6. The van der Waals surface area contributed by atoms with Crippen LogP contribution >= 0.6 is 0 Å². The lowest BCUT2D eigenvalue weighted by atomic mass is 10.1. The van der Waals surface area contributed by atoms with Gasteiger partial charge in [0.05, 0.1) is 0 Å². The molecule has 3 rings (SSSR count). The molecule has 0 amide bonds. The lowest BCUT2D eigenvalue weighted by Gasteiger charge is -2.30. The van der Waals surface area contributed by atoms with Crippen molar-refractivity contribution in [1.29, 1.82) is 0 Å². The van der Waals surface area contributed by atoms with E-state index >= 15 is 0 Å². The van der Waals surface area contributed by atoms with Crippen LogP contribution in [0.3, 0.4) is 0 Å². The summed E-state index contributed by atoms with van der Waals surface area (Å²) in [5.41, 5.74) is 3.60. The van der Waals surface area contributed by atoms with Gasteiger partial charge in [0.15, 0.2) is 5.82 Å². The van der Waals surface area contributed by atoms with Gasteiger partial charge in [-0.05, 0) is 37.8 Å². The lowest BCUT2D eigenvalue weighted by Crippen LogP contribution is -2.30. The van der Waals surface area contributed by atoms with Crippen LogP contribution < -0.4 is 10.2 Å². The number of piperidine rings is 1. The molecule has 0 spiro atoms. The van der Waals surface area contributed by atoms with Crippen LogP contribution in [0.15, 0.2) is 30.3 Å². The zero-order valence-electron chi connectivity index (χ0n) is 14.6. The van der Waals surface area contributed by atoms with E-state index in [1.54, 1.807) is 7.11 Å². The minimum atomic E-state index is 0.431. The smallest absolute Gasteiger partial charge is 0.156 e. The minimum Gasteiger partial charge on any atom is -0.377 e. The number of anilines is 2. The van der Waals surface area contributed by atoms with Crippen molar-refractivity contribution in [3.63, 3.8) is 0 Å². The van der Waals surface area contributed by atoms with Crippen LogP contribution in [0.25, 0.3) is 0 Å². The number of aryl methyl sites for hydroxylation is 1. The average Bonchev–Trinajstić information content (AvgIpc) is 2.61. The molecule has 1 aromatic carbocycles. The fraction of sp³-hybridized carbons (Fsp3) is 0.474. The van der Waals surface area contributed by atoms with Gasteiger partial charge in [-0.15, -0.1) is 0 Å². The Hall–Kier alpha value is -2.14. The van der Waals surface area contributed by atoms with Crippen LogP contribution in [0.1, 0.15) is 36.3 Å². The summed E-state index contributed by atoms with van der Waals surface area (Å²) < 4.78 is 5.14. The first-order valence-electron chi connectivity index (χ1n) is 8.66. The molecule has 2 aromatic rings. The number of hydrogen-bond acceptors (Lipinski definition) is 5. The normalized spacial score (nSPS) is 14.7. The Bertz CT molecular complexity index is 668. The quantitative estimate of drug-likeness (QED) is 0.880. The fourth-order valence-electron chi connectivity index (χ4n) is 3.20. The van der Waals surface area contributed by atoms with Crippen molar-refractivity contribution < 1.29 is 4.74 Å². The zero-order valence-corrected chi connectivity index (χ0v) is 14.6. The molecule has 1 saturated heterocycles. The van der Waals surface area contributed by atoms with Crippen molar-refractivity contribution in [2.45, 2.75) is 39.3 Å². The molecule has 24 heavy (non-hydrogen) atoms. The number of methoxy groups -OCH3 is 1. The van der Waals surface area contributed by atoms with Gasteiger partial charge < -0.3 is 15.0 Å². The molecule has 0 radical (unpaired) electrons. The summed E-state index contributed by atoms with van der Waals surface area (Å²) >= 11 is 0. The van der Waals surface area contributed by atoms with Gasteiger partial charge in [-0.3, -0.25) is 0 Å². The molecule has 1 aromatic heterocycles. The van der Waals surface area contributed by atoms with Crippen molar-refractivity contribution in [1.82, 2.24) is 9.97 Å². The summed E-state index contributed by atoms with van der Waals surface area (Å²) in [7, 11) is 1.66. The summed E-state index contributed by atoms with van der Waals surface area (Å²) in [6.45, 7) is 5.48. The Morgan fingerprint density at radius 2 is 1.92 bits per heavy atom. The van der Waals surface area contributed by atoms with E-state index in [1.165, 1.54) is 30.5 Å². The van der Waals surface area contributed by atoms with Crippen molar-refractivity contribution in [3.8, 4) is 0 Å².